The summed E-state index contributed by atoms with van der Waals surface area (Å²) >= 11 is 0. The van der Waals surface area contributed by atoms with Crippen LogP contribution < -0.4 is 5.73 Å². The zero-order chi connectivity index (χ0) is 14.4. The third-order valence-electron chi connectivity index (χ3n) is 3.56. The van der Waals surface area contributed by atoms with Gasteiger partial charge in [-0.1, -0.05) is 13.0 Å². The van der Waals surface area contributed by atoms with Crippen LogP contribution in [0.15, 0.2) is 40.9 Å². The van der Waals surface area contributed by atoms with Crippen molar-refractivity contribution in [2.24, 2.45) is 5.73 Å². The van der Waals surface area contributed by atoms with E-state index in [9.17, 15) is 0 Å². The summed E-state index contributed by atoms with van der Waals surface area (Å²) in [6.45, 7) is 3.54. The largest absolute Gasteiger partial charge is 0.464 e. The van der Waals surface area contributed by atoms with Crippen molar-refractivity contribution in [3.8, 4) is 0 Å². The zero-order valence-corrected chi connectivity index (χ0v) is 12.2. The molecule has 20 heavy (non-hydrogen) atoms. The second-order valence-corrected chi connectivity index (χ2v) is 4.96. The van der Waals surface area contributed by atoms with Gasteiger partial charge in [-0.3, -0.25) is 9.88 Å². The maximum atomic E-state index is 5.91. The lowest BCUT2D eigenvalue weighted by Crippen LogP contribution is -2.32. The number of aryl methyl sites for hydroxylation is 1. The number of nitrogens with two attached hydrogens (primary N) is 1. The molecule has 0 radical (unpaired) electrons. The minimum atomic E-state index is 0.124. The van der Waals surface area contributed by atoms with Gasteiger partial charge in [0.2, 0.25) is 0 Å². The molecule has 2 aromatic rings. The van der Waals surface area contributed by atoms with Gasteiger partial charge < -0.3 is 10.2 Å². The normalized spacial score (nSPS) is 12.8. The van der Waals surface area contributed by atoms with Crippen molar-refractivity contribution in [1.29, 1.82) is 0 Å². The fraction of sp³-hybridized carbons (Fsp3) is 0.438. The van der Waals surface area contributed by atoms with Crippen LogP contribution in [0.25, 0.3) is 0 Å². The highest BCUT2D eigenvalue weighted by atomic mass is 16.3. The number of aromatic nitrogens is 1. The van der Waals surface area contributed by atoms with Gasteiger partial charge in [-0.15, -0.1) is 0 Å². The SMILES string of the molecule is CCc1ccc(C(CN)N(C)CCc2ccccn2)o1. The number of hydrogen-bond donors (Lipinski definition) is 1. The molecule has 0 aromatic carbocycles. The number of rotatable bonds is 7. The Morgan fingerprint density at radius 3 is 2.75 bits per heavy atom. The van der Waals surface area contributed by atoms with Gasteiger partial charge in [-0.05, 0) is 31.3 Å². The third kappa shape index (κ3) is 3.68. The van der Waals surface area contributed by atoms with Gasteiger partial charge in [-0.2, -0.15) is 0 Å². The van der Waals surface area contributed by atoms with Crippen LogP contribution >= 0.6 is 0 Å². The predicted molar refractivity (Wildman–Crippen MR) is 80.5 cm³/mol. The molecule has 0 aliphatic carbocycles. The topological polar surface area (TPSA) is 55.3 Å². The molecule has 0 bridgehead atoms. The zero-order valence-electron chi connectivity index (χ0n) is 12.2. The first kappa shape index (κ1) is 14.8. The van der Waals surface area contributed by atoms with E-state index in [1.807, 2.05) is 36.5 Å². The molecular weight excluding hydrogens is 250 g/mol. The molecule has 2 aromatic heterocycles. The van der Waals surface area contributed by atoms with Crippen LogP contribution in [0.1, 0.15) is 30.2 Å². The average Bonchev–Trinajstić information content (AvgIpc) is 2.96. The Labute approximate surface area is 120 Å². The molecule has 0 saturated carbocycles. The minimum absolute atomic E-state index is 0.124. The molecule has 4 heteroatoms. The van der Waals surface area contributed by atoms with E-state index >= 15 is 0 Å². The summed E-state index contributed by atoms with van der Waals surface area (Å²) in [5.41, 5.74) is 7.01. The van der Waals surface area contributed by atoms with Gasteiger partial charge in [0.25, 0.3) is 0 Å². The van der Waals surface area contributed by atoms with Crippen molar-refractivity contribution in [3.05, 3.63) is 53.7 Å². The van der Waals surface area contributed by atoms with Crippen LogP contribution in [0.3, 0.4) is 0 Å². The fourth-order valence-electron chi connectivity index (χ4n) is 2.27. The van der Waals surface area contributed by atoms with Crippen molar-refractivity contribution < 1.29 is 4.42 Å². The molecule has 108 valence electrons. The van der Waals surface area contributed by atoms with Gasteiger partial charge in [0, 0.05) is 37.8 Å². The quantitative estimate of drug-likeness (QED) is 0.841. The van der Waals surface area contributed by atoms with Gasteiger partial charge in [0.05, 0.1) is 6.04 Å². The molecule has 2 rings (SSSR count). The van der Waals surface area contributed by atoms with Crippen molar-refractivity contribution in [2.45, 2.75) is 25.8 Å². The monoisotopic (exact) mass is 273 g/mol. The van der Waals surface area contributed by atoms with Crippen molar-refractivity contribution >= 4 is 0 Å². The number of pyridine rings is 1. The number of nitrogens with zero attached hydrogens (tertiary/aromatic N) is 2. The molecule has 0 spiro atoms. The highest BCUT2D eigenvalue weighted by Crippen LogP contribution is 2.21. The van der Waals surface area contributed by atoms with Gasteiger partial charge in [0.1, 0.15) is 11.5 Å². The summed E-state index contributed by atoms with van der Waals surface area (Å²) < 4.78 is 5.82. The van der Waals surface area contributed by atoms with E-state index in [0.717, 1.165) is 36.6 Å². The Kier molecular flexibility index (Phi) is 5.32. The Morgan fingerprint density at radius 1 is 1.30 bits per heavy atom. The highest BCUT2D eigenvalue weighted by molar-refractivity contribution is 5.11. The van der Waals surface area contributed by atoms with Crippen LogP contribution in [0.4, 0.5) is 0 Å². The smallest absolute Gasteiger partial charge is 0.122 e. The summed E-state index contributed by atoms with van der Waals surface area (Å²) in [4.78, 5) is 6.57. The number of likely N-dealkylation sites (N-methyl/N-ethyl adjacent to an activating group) is 1. The third-order valence-corrected chi connectivity index (χ3v) is 3.56. The lowest BCUT2D eigenvalue weighted by atomic mass is 10.2. The maximum absolute atomic E-state index is 5.91. The molecule has 2 heterocycles. The highest BCUT2D eigenvalue weighted by Gasteiger charge is 2.18. The molecule has 0 amide bonds. The van der Waals surface area contributed by atoms with E-state index in [0.29, 0.717) is 6.54 Å². The van der Waals surface area contributed by atoms with Gasteiger partial charge in [0.15, 0.2) is 0 Å². The summed E-state index contributed by atoms with van der Waals surface area (Å²) in [6.07, 6.45) is 3.65. The first-order valence-electron chi connectivity index (χ1n) is 7.13. The van der Waals surface area contributed by atoms with E-state index in [2.05, 4.69) is 23.9 Å². The number of furan rings is 1. The van der Waals surface area contributed by atoms with E-state index in [4.69, 9.17) is 10.2 Å². The molecule has 4 nitrogen and oxygen atoms in total. The standard InChI is InChI=1S/C16H23N3O/c1-3-14-7-8-16(20-14)15(12-17)19(2)11-9-13-6-4-5-10-18-13/h4-8,10,15H,3,9,11-12,17H2,1-2H3. The van der Waals surface area contributed by atoms with Crippen LogP contribution in [-0.2, 0) is 12.8 Å². The molecule has 1 atom stereocenters. The Bertz CT molecular complexity index is 509. The van der Waals surface area contributed by atoms with E-state index < -0.39 is 0 Å². The summed E-state index contributed by atoms with van der Waals surface area (Å²) in [5.74, 6) is 1.96. The van der Waals surface area contributed by atoms with Gasteiger partial charge >= 0.3 is 0 Å². The van der Waals surface area contributed by atoms with E-state index in [-0.39, 0.29) is 6.04 Å². The van der Waals surface area contributed by atoms with Crippen LogP contribution in [-0.4, -0.2) is 30.0 Å². The lowest BCUT2D eigenvalue weighted by molar-refractivity contribution is 0.219. The van der Waals surface area contributed by atoms with Crippen LogP contribution in [0.2, 0.25) is 0 Å². The molecule has 0 aliphatic rings. The Balaban J connectivity index is 1.96. The first-order chi connectivity index (χ1) is 9.74. The average molecular weight is 273 g/mol. The maximum Gasteiger partial charge on any atom is 0.122 e. The molecule has 0 saturated heterocycles. The van der Waals surface area contributed by atoms with Crippen molar-refractivity contribution in [2.75, 3.05) is 20.1 Å². The van der Waals surface area contributed by atoms with Crippen LogP contribution in [0.5, 0.6) is 0 Å². The van der Waals surface area contributed by atoms with E-state index in [1.165, 1.54) is 0 Å². The molecular formula is C16H23N3O. The van der Waals surface area contributed by atoms with Crippen LogP contribution in [0, 0.1) is 0 Å². The second kappa shape index (κ2) is 7.22. The number of hydrogen-bond acceptors (Lipinski definition) is 4. The summed E-state index contributed by atoms with van der Waals surface area (Å²) in [5, 5.41) is 0. The van der Waals surface area contributed by atoms with Gasteiger partial charge in [-0.25, -0.2) is 0 Å². The van der Waals surface area contributed by atoms with E-state index in [1.54, 1.807) is 0 Å². The van der Waals surface area contributed by atoms with Crippen molar-refractivity contribution in [1.82, 2.24) is 9.88 Å². The second-order valence-electron chi connectivity index (χ2n) is 4.96. The predicted octanol–water partition coefficient (Wildman–Crippen LogP) is 2.41. The lowest BCUT2D eigenvalue weighted by Gasteiger charge is -2.25. The molecule has 0 aliphatic heterocycles. The molecule has 1 unspecified atom stereocenters. The first-order valence-corrected chi connectivity index (χ1v) is 7.13. The fourth-order valence-corrected chi connectivity index (χ4v) is 2.27. The Morgan fingerprint density at radius 2 is 2.15 bits per heavy atom. The molecule has 0 fully saturated rings. The van der Waals surface area contributed by atoms with Crippen molar-refractivity contribution in [3.63, 3.8) is 0 Å². The molecule has 2 N–H and O–H groups in total. The Hall–Kier alpha value is -1.65. The summed E-state index contributed by atoms with van der Waals surface area (Å²) in [6, 6.07) is 10.2. The minimum Gasteiger partial charge on any atom is -0.464 e. The summed E-state index contributed by atoms with van der Waals surface area (Å²) in [7, 11) is 2.08.